The standard InChI is InChI=1S/C16H32N2O/c1-5-19-15-10-14(16(15,3)4)17-11-13(2)12-18-8-6-7-9-18/h13-15,17H,5-12H2,1-4H3. The van der Waals surface area contributed by atoms with E-state index in [4.69, 9.17) is 4.74 Å². The Morgan fingerprint density at radius 3 is 2.58 bits per heavy atom. The predicted molar refractivity (Wildman–Crippen MR) is 80.4 cm³/mol. The van der Waals surface area contributed by atoms with E-state index in [1.54, 1.807) is 0 Å². The molecule has 112 valence electrons. The molecule has 0 radical (unpaired) electrons. The Labute approximate surface area is 119 Å². The maximum atomic E-state index is 5.79. The maximum absolute atomic E-state index is 5.79. The second-order valence-corrected chi connectivity index (χ2v) is 7.07. The van der Waals surface area contributed by atoms with Gasteiger partial charge in [0, 0.05) is 24.6 Å². The van der Waals surface area contributed by atoms with Crippen molar-refractivity contribution in [3.63, 3.8) is 0 Å². The van der Waals surface area contributed by atoms with E-state index in [0.717, 1.165) is 19.1 Å². The fraction of sp³-hybridized carbons (Fsp3) is 1.00. The van der Waals surface area contributed by atoms with Crippen molar-refractivity contribution < 1.29 is 4.74 Å². The van der Waals surface area contributed by atoms with Crippen molar-refractivity contribution in [2.45, 2.75) is 59.1 Å². The smallest absolute Gasteiger partial charge is 0.0655 e. The lowest BCUT2D eigenvalue weighted by atomic mass is 9.64. The molecule has 2 aliphatic rings. The van der Waals surface area contributed by atoms with Crippen LogP contribution in [0.2, 0.25) is 0 Å². The number of ether oxygens (including phenoxy) is 1. The van der Waals surface area contributed by atoms with Gasteiger partial charge in [-0.2, -0.15) is 0 Å². The van der Waals surface area contributed by atoms with E-state index in [1.807, 2.05) is 0 Å². The number of likely N-dealkylation sites (tertiary alicyclic amines) is 1. The molecule has 0 spiro atoms. The van der Waals surface area contributed by atoms with Crippen molar-refractivity contribution in [3.8, 4) is 0 Å². The number of hydrogen-bond donors (Lipinski definition) is 1. The SMILES string of the molecule is CCOC1CC(NCC(C)CN2CCCC2)C1(C)C. The van der Waals surface area contributed by atoms with Gasteiger partial charge < -0.3 is 15.0 Å². The van der Waals surface area contributed by atoms with Gasteiger partial charge in [0.2, 0.25) is 0 Å². The summed E-state index contributed by atoms with van der Waals surface area (Å²) >= 11 is 0. The largest absolute Gasteiger partial charge is 0.378 e. The van der Waals surface area contributed by atoms with Crippen LogP contribution in [0.1, 0.15) is 47.0 Å². The van der Waals surface area contributed by atoms with Crippen LogP contribution >= 0.6 is 0 Å². The highest BCUT2D eigenvalue weighted by Crippen LogP contribution is 2.42. The lowest BCUT2D eigenvalue weighted by Crippen LogP contribution is -2.61. The molecular weight excluding hydrogens is 236 g/mol. The fourth-order valence-corrected chi connectivity index (χ4v) is 3.53. The van der Waals surface area contributed by atoms with Crippen LogP contribution in [0.4, 0.5) is 0 Å². The molecule has 3 heteroatoms. The molecule has 1 aliphatic carbocycles. The first-order chi connectivity index (χ1) is 9.04. The summed E-state index contributed by atoms with van der Waals surface area (Å²) in [5.41, 5.74) is 0.295. The van der Waals surface area contributed by atoms with Crippen molar-refractivity contribution in [2.75, 3.05) is 32.8 Å². The summed E-state index contributed by atoms with van der Waals surface area (Å²) in [6.07, 6.45) is 4.42. The highest BCUT2D eigenvalue weighted by Gasteiger charge is 2.48. The molecule has 0 amide bonds. The molecular formula is C16H32N2O. The average molecular weight is 268 g/mol. The number of rotatable bonds is 7. The van der Waals surface area contributed by atoms with Gasteiger partial charge in [-0.05, 0) is 51.7 Å². The van der Waals surface area contributed by atoms with E-state index in [1.165, 1.54) is 38.9 Å². The van der Waals surface area contributed by atoms with E-state index in [0.29, 0.717) is 17.6 Å². The number of nitrogens with one attached hydrogen (secondary N) is 1. The first-order valence-corrected chi connectivity index (χ1v) is 8.11. The summed E-state index contributed by atoms with van der Waals surface area (Å²) < 4.78 is 5.79. The van der Waals surface area contributed by atoms with Crippen LogP contribution in [-0.4, -0.2) is 49.8 Å². The van der Waals surface area contributed by atoms with Gasteiger partial charge in [0.05, 0.1) is 6.10 Å². The minimum absolute atomic E-state index is 0.295. The Morgan fingerprint density at radius 2 is 2.00 bits per heavy atom. The van der Waals surface area contributed by atoms with Crippen LogP contribution < -0.4 is 5.32 Å². The van der Waals surface area contributed by atoms with Gasteiger partial charge in [-0.3, -0.25) is 0 Å². The molecule has 1 saturated heterocycles. The third-order valence-corrected chi connectivity index (χ3v) is 5.03. The molecule has 0 aromatic carbocycles. The van der Waals surface area contributed by atoms with Crippen molar-refractivity contribution in [1.29, 1.82) is 0 Å². The first-order valence-electron chi connectivity index (χ1n) is 8.11. The van der Waals surface area contributed by atoms with E-state index in [9.17, 15) is 0 Å². The molecule has 2 fully saturated rings. The molecule has 1 aliphatic heterocycles. The highest BCUT2D eigenvalue weighted by molar-refractivity contribution is 5.02. The number of hydrogen-bond acceptors (Lipinski definition) is 3. The van der Waals surface area contributed by atoms with Gasteiger partial charge >= 0.3 is 0 Å². The molecule has 1 N–H and O–H groups in total. The molecule has 3 unspecified atom stereocenters. The molecule has 3 atom stereocenters. The van der Waals surface area contributed by atoms with E-state index in [-0.39, 0.29) is 0 Å². The summed E-state index contributed by atoms with van der Waals surface area (Å²) in [7, 11) is 0. The van der Waals surface area contributed by atoms with Crippen LogP contribution in [-0.2, 0) is 4.74 Å². The average Bonchev–Trinajstić information content (AvgIpc) is 2.85. The molecule has 0 bridgehead atoms. The second kappa shape index (κ2) is 6.55. The Balaban J connectivity index is 1.65. The predicted octanol–water partition coefficient (Wildman–Crippen LogP) is 2.51. The van der Waals surface area contributed by atoms with Crippen molar-refractivity contribution in [1.82, 2.24) is 10.2 Å². The first kappa shape index (κ1) is 15.3. The van der Waals surface area contributed by atoms with E-state index < -0.39 is 0 Å². The minimum Gasteiger partial charge on any atom is -0.378 e. The zero-order valence-corrected chi connectivity index (χ0v) is 13.2. The Hall–Kier alpha value is -0.120. The second-order valence-electron chi connectivity index (χ2n) is 7.07. The summed E-state index contributed by atoms with van der Waals surface area (Å²) in [5, 5.41) is 3.76. The van der Waals surface area contributed by atoms with Gasteiger partial charge in [-0.25, -0.2) is 0 Å². The summed E-state index contributed by atoms with van der Waals surface area (Å²) in [5.74, 6) is 0.750. The van der Waals surface area contributed by atoms with Gasteiger partial charge in [0.25, 0.3) is 0 Å². The van der Waals surface area contributed by atoms with Crippen molar-refractivity contribution in [2.24, 2.45) is 11.3 Å². The Kier molecular flexibility index (Phi) is 5.27. The van der Waals surface area contributed by atoms with Gasteiger partial charge in [0.1, 0.15) is 0 Å². The maximum Gasteiger partial charge on any atom is 0.0655 e. The zero-order chi connectivity index (χ0) is 13.9. The topological polar surface area (TPSA) is 24.5 Å². The van der Waals surface area contributed by atoms with Crippen LogP contribution in [0.3, 0.4) is 0 Å². The van der Waals surface area contributed by atoms with E-state index in [2.05, 4.69) is 37.9 Å². The summed E-state index contributed by atoms with van der Waals surface area (Å²) in [6.45, 7) is 15.0. The third-order valence-electron chi connectivity index (χ3n) is 5.03. The van der Waals surface area contributed by atoms with Crippen molar-refractivity contribution >= 4 is 0 Å². The van der Waals surface area contributed by atoms with Gasteiger partial charge in [0.15, 0.2) is 0 Å². The molecule has 2 rings (SSSR count). The summed E-state index contributed by atoms with van der Waals surface area (Å²) in [4.78, 5) is 2.61. The van der Waals surface area contributed by atoms with Crippen LogP contribution in [0.15, 0.2) is 0 Å². The number of nitrogens with zero attached hydrogens (tertiary/aromatic N) is 1. The lowest BCUT2D eigenvalue weighted by Gasteiger charge is -2.52. The lowest BCUT2D eigenvalue weighted by molar-refractivity contribution is -0.114. The molecule has 0 aromatic heterocycles. The molecule has 1 saturated carbocycles. The van der Waals surface area contributed by atoms with Crippen LogP contribution in [0.25, 0.3) is 0 Å². The van der Waals surface area contributed by atoms with Crippen LogP contribution in [0, 0.1) is 11.3 Å². The fourth-order valence-electron chi connectivity index (χ4n) is 3.53. The molecule has 1 heterocycles. The quantitative estimate of drug-likeness (QED) is 0.768. The van der Waals surface area contributed by atoms with Gasteiger partial charge in [-0.1, -0.05) is 20.8 Å². The van der Waals surface area contributed by atoms with Gasteiger partial charge in [-0.15, -0.1) is 0 Å². The third kappa shape index (κ3) is 3.71. The van der Waals surface area contributed by atoms with Crippen molar-refractivity contribution in [3.05, 3.63) is 0 Å². The molecule has 3 nitrogen and oxygen atoms in total. The summed E-state index contributed by atoms with van der Waals surface area (Å²) in [6, 6.07) is 0.630. The normalized spacial score (nSPS) is 32.2. The molecule has 0 aromatic rings. The van der Waals surface area contributed by atoms with Crippen LogP contribution in [0.5, 0.6) is 0 Å². The monoisotopic (exact) mass is 268 g/mol. The Bertz CT molecular complexity index is 274. The minimum atomic E-state index is 0.295. The molecule has 19 heavy (non-hydrogen) atoms. The zero-order valence-electron chi connectivity index (χ0n) is 13.2. The highest BCUT2D eigenvalue weighted by atomic mass is 16.5. The van der Waals surface area contributed by atoms with E-state index >= 15 is 0 Å². The Morgan fingerprint density at radius 1 is 1.32 bits per heavy atom.